The molecule has 0 amide bonds. The second kappa shape index (κ2) is 2.98. The van der Waals surface area contributed by atoms with E-state index < -0.39 is 0 Å². The van der Waals surface area contributed by atoms with Crippen LogP contribution in [0, 0.1) is 0 Å². The molecule has 60 valence electrons. The van der Waals surface area contributed by atoms with Crippen molar-refractivity contribution in [2.75, 3.05) is 0 Å². The molecule has 12 heavy (non-hydrogen) atoms. The summed E-state index contributed by atoms with van der Waals surface area (Å²) < 4.78 is 4.71. The van der Waals surface area contributed by atoms with Gasteiger partial charge in [-0.2, -0.15) is 0 Å². The number of hydrogen-bond acceptors (Lipinski definition) is 4. The smallest absolute Gasteiger partial charge is 0.157 e. The fourth-order valence-corrected chi connectivity index (χ4v) is 1.08. The van der Waals surface area contributed by atoms with Crippen LogP contribution in [-0.2, 0) is 0 Å². The van der Waals surface area contributed by atoms with E-state index in [-0.39, 0.29) is 0 Å². The number of thiol groups is 1. The fraction of sp³-hybridized carbons (Fsp3) is 0. The van der Waals surface area contributed by atoms with E-state index in [0.717, 1.165) is 11.0 Å². The van der Waals surface area contributed by atoms with E-state index >= 15 is 0 Å². The van der Waals surface area contributed by atoms with E-state index in [0.29, 0.717) is 5.75 Å². The molecule has 0 bridgehead atoms. The van der Waals surface area contributed by atoms with Gasteiger partial charge in [0.1, 0.15) is 0 Å². The van der Waals surface area contributed by atoms with Gasteiger partial charge in [0.2, 0.25) is 0 Å². The minimum atomic E-state index is 0.601. The van der Waals surface area contributed by atoms with Gasteiger partial charge >= 0.3 is 0 Å². The quantitative estimate of drug-likeness (QED) is 0.534. The molecule has 2 heterocycles. The van der Waals surface area contributed by atoms with Crippen LogP contribution in [0.15, 0.2) is 30.6 Å². The van der Waals surface area contributed by atoms with Gasteiger partial charge in [-0.1, -0.05) is 0 Å². The number of hydrogen-bond donors (Lipinski definition) is 1. The van der Waals surface area contributed by atoms with E-state index in [2.05, 4.69) is 22.9 Å². The summed E-state index contributed by atoms with van der Waals surface area (Å²) in [5.41, 5.74) is 1.66. The molecule has 0 aliphatic rings. The van der Waals surface area contributed by atoms with Gasteiger partial charge in [-0.15, -0.1) is 0 Å². The highest BCUT2D eigenvalue weighted by Crippen LogP contribution is 2.16. The van der Waals surface area contributed by atoms with Crippen molar-refractivity contribution >= 4 is 23.9 Å². The van der Waals surface area contributed by atoms with Crippen LogP contribution in [0.1, 0.15) is 0 Å². The molecule has 0 saturated heterocycles. The lowest BCUT2D eigenvalue weighted by atomic mass is 10.3. The largest absolute Gasteiger partial charge is 0.427 e. The van der Waals surface area contributed by atoms with Gasteiger partial charge in [0.15, 0.2) is 5.75 Å². The molecular formula is C8H6N2OS. The van der Waals surface area contributed by atoms with Gasteiger partial charge in [0.25, 0.3) is 0 Å². The summed E-state index contributed by atoms with van der Waals surface area (Å²) in [6.07, 6.45) is 3.32. The average Bonchev–Trinajstić information content (AvgIpc) is 2.17. The van der Waals surface area contributed by atoms with Crippen molar-refractivity contribution in [1.82, 2.24) is 9.97 Å². The van der Waals surface area contributed by atoms with Crippen LogP contribution in [0.5, 0.6) is 5.75 Å². The molecule has 2 aromatic heterocycles. The monoisotopic (exact) mass is 178 g/mol. The van der Waals surface area contributed by atoms with Crippen LogP contribution in [0.3, 0.4) is 0 Å². The first-order chi connectivity index (χ1) is 5.90. The summed E-state index contributed by atoms with van der Waals surface area (Å²) >= 11 is 3.67. The maximum atomic E-state index is 4.71. The van der Waals surface area contributed by atoms with Crippen LogP contribution >= 0.6 is 12.9 Å². The van der Waals surface area contributed by atoms with Gasteiger partial charge in [-0.3, -0.25) is 9.97 Å². The molecule has 0 fully saturated rings. The fourth-order valence-electron chi connectivity index (χ4n) is 0.985. The molecule has 2 rings (SSSR count). The molecule has 0 spiro atoms. The Morgan fingerprint density at radius 3 is 3.00 bits per heavy atom. The third-order valence-corrected chi connectivity index (χ3v) is 1.74. The molecule has 0 radical (unpaired) electrons. The summed E-state index contributed by atoms with van der Waals surface area (Å²) in [7, 11) is 0. The summed E-state index contributed by atoms with van der Waals surface area (Å²) in [5.74, 6) is 0.601. The van der Waals surface area contributed by atoms with Crippen molar-refractivity contribution in [3.8, 4) is 5.75 Å². The predicted molar refractivity (Wildman–Crippen MR) is 49.2 cm³/mol. The van der Waals surface area contributed by atoms with Crippen molar-refractivity contribution in [2.45, 2.75) is 0 Å². The number of aromatic nitrogens is 2. The van der Waals surface area contributed by atoms with Crippen molar-refractivity contribution in [1.29, 1.82) is 0 Å². The lowest BCUT2D eigenvalue weighted by Gasteiger charge is -1.97. The third-order valence-electron chi connectivity index (χ3n) is 1.53. The van der Waals surface area contributed by atoms with E-state index in [1.54, 1.807) is 18.5 Å². The molecule has 4 heteroatoms. The van der Waals surface area contributed by atoms with Crippen molar-refractivity contribution in [3.63, 3.8) is 0 Å². The van der Waals surface area contributed by atoms with Gasteiger partial charge < -0.3 is 4.18 Å². The van der Waals surface area contributed by atoms with Gasteiger partial charge in [0.05, 0.1) is 17.2 Å². The maximum Gasteiger partial charge on any atom is 0.157 e. The maximum absolute atomic E-state index is 4.71. The Hall–Kier alpha value is -1.29. The van der Waals surface area contributed by atoms with E-state index in [9.17, 15) is 0 Å². The predicted octanol–water partition coefficient (Wildman–Crippen LogP) is 1.85. The number of pyridine rings is 2. The Kier molecular flexibility index (Phi) is 1.83. The van der Waals surface area contributed by atoms with Gasteiger partial charge in [0, 0.05) is 25.2 Å². The molecule has 0 aromatic carbocycles. The first kappa shape index (κ1) is 7.36. The molecule has 0 unspecified atom stereocenters. The first-order valence-corrected chi connectivity index (χ1v) is 3.79. The standard InChI is InChI=1S/C8H6N2OS/c12-11-6-4-8-7(10-5-6)2-1-3-9-8/h1-5,12H. The normalized spacial score (nSPS) is 10.1. The second-order valence-corrected chi connectivity index (χ2v) is 2.49. The molecule has 3 nitrogen and oxygen atoms in total. The Balaban J connectivity index is 2.67. The zero-order valence-electron chi connectivity index (χ0n) is 6.14. The van der Waals surface area contributed by atoms with Crippen molar-refractivity contribution in [3.05, 3.63) is 30.6 Å². The number of rotatable bonds is 1. The molecule has 0 aliphatic heterocycles. The number of fused-ring (bicyclic) bond motifs is 1. The van der Waals surface area contributed by atoms with E-state index in [4.69, 9.17) is 4.18 Å². The highest BCUT2D eigenvalue weighted by molar-refractivity contribution is 7.75. The van der Waals surface area contributed by atoms with E-state index in [1.165, 1.54) is 0 Å². The highest BCUT2D eigenvalue weighted by Gasteiger charge is 1.96. The topological polar surface area (TPSA) is 35.0 Å². The Labute approximate surface area is 75.0 Å². The average molecular weight is 178 g/mol. The van der Waals surface area contributed by atoms with Crippen LogP contribution in [0.4, 0.5) is 0 Å². The summed E-state index contributed by atoms with van der Waals surface area (Å²) in [5, 5.41) is 0. The first-order valence-electron chi connectivity index (χ1n) is 3.42. The summed E-state index contributed by atoms with van der Waals surface area (Å²) in [6, 6.07) is 5.52. The molecule has 0 saturated carbocycles. The lowest BCUT2D eigenvalue weighted by molar-refractivity contribution is 0.656. The van der Waals surface area contributed by atoms with Crippen molar-refractivity contribution < 1.29 is 4.18 Å². The SMILES string of the molecule is SOc1cnc2cccnc2c1. The summed E-state index contributed by atoms with van der Waals surface area (Å²) in [4.78, 5) is 8.23. The third kappa shape index (κ3) is 1.21. The Morgan fingerprint density at radius 2 is 2.17 bits per heavy atom. The Bertz CT molecular complexity index is 405. The molecule has 0 aliphatic carbocycles. The van der Waals surface area contributed by atoms with E-state index in [1.807, 2.05) is 12.1 Å². The van der Waals surface area contributed by atoms with Crippen LogP contribution < -0.4 is 4.18 Å². The molecule has 0 N–H and O–H groups in total. The van der Waals surface area contributed by atoms with Crippen LogP contribution in [-0.4, -0.2) is 9.97 Å². The zero-order chi connectivity index (χ0) is 8.39. The van der Waals surface area contributed by atoms with Crippen molar-refractivity contribution in [2.24, 2.45) is 0 Å². The number of nitrogens with zero attached hydrogens (tertiary/aromatic N) is 2. The molecule has 2 aromatic rings. The minimum absolute atomic E-state index is 0.601. The lowest BCUT2D eigenvalue weighted by Crippen LogP contribution is -1.83. The molecular weight excluding hydrogens is 172 g/mol. The van der Waals surface area contributed by atoms with Crippen LogP contribution in [0.2, 0.25) is 0 Å². The zero-order valence-corrected chi connectivity index (χ0v) is 7.03. The minimum Gasteiger partial charge on any atom is -0.427 e. The van der Waals surface area contributed by atoms with Gasteiger partial charge in [-0.05, 0) is 12.1 Å². The van der Waals surface area contributed by atoms with Gasteiger partial charge in [-0.25, -0.2) is 0 Å². The molecule has 0 atom stereocenters. The Morgan fingerprint density at radius 1 is 1.25 bits per heavy atom. The summed E-state index contributed by atoms with van der Waals surface area (Å²) in [6.45, 7) is 0. The highest BCUT2D eigenvalue weighted by atomic mass is 32.1. The second-order valence-electron chi connectivity index (χ2n) is 2.30. The van der Waals surface area contributed by atoms with Crippen LogP contribution in [0.25, 0.3) is 11.0 Å².